The molecule has 0 fully saturated rings. The number of fused-ring (bicyclic) bond motifs is 1. The van der Waals surface area contributed by atoms with Gasteiger partial charge in [0, 0.05) is 6.20 Å². The maximum atomic E-state index is 11.1. The third-order valence-electron chi connectivity index (χ3n) is 2.05. The van der Waals surface area contributed by atoms with Crippen molar-refractivity contribution in [3.63, 3.8) is 0 Å². The molecule has 6 nitrogen and oxygen atoms in total. The summed E-state index contributed by atoms with van der Waals surface area (Å²) in [4.78, 5) is 11.1. The maximum Gasteiger partial charge on any atom is 0.407 e. The lowest BCUT2D eigenvalue weighted by molar-refractivity contribution is 0.151. The number of carbonyl (C=O) groups excluding carboxylic acids is 1. The van der Waals surface area contributed by atoms with Gasteiger partial charge >= 0.3 is 6.09 Å². The van der Waals surface area contributed by atoms with Crippen molar-refractivity contribution in [3.8, 4) is 0 Å². The van der Waals surface area contributed by atoms with Crippen LogP contribution in [0.3, 0.4) is 0 Å². The molecule has 0 aliphatic carbocycles. The first-order valence-corrected chi connectivity index (χ1v) is 5.00. The van der Waals surface area contributed by atoms with Gasteiger partial charge in [0.25, 0.3) is 0 Å². The molecule has 0 atom stereocenters. The molecule has 2 aromatic rings. The summed E-state index contributed by atoms with van der Waals surface area (Å²) < 4.78 is 6.56. The molecule has 0 saturated heterocycles. The van der Waals surface area contributed by atoms with Crippen LogP contribution >= 0.6 is 0 Å². The number of nitrogens with zero attached hydrogens (tertiary/aromatic N) is 3. The van der Waals surface area contributed by atoms with E-state index in [-0.39, 0.29) is 0 Å². The van der Waals surface area contributed by atoms with Crippen LogP contribution in [0.1, 0.15) is 12.7 Å². The Morgan fingerprint density at radius 2 is 2.38 bits per heavy atom. The zero-order valence-electron chi connectivity index (χ0n) is 8.88. The number of carbonyl (C=O) groups is 1. The Morgan fingerprint density at radius 3 is 3.19 bits per heavy atom. The minimum absolute atomic E-state index is 0.296. The summed E-state index contributed by atoms with van der Waals surface area (Å²) in [7, 11) is 0. The van der Waals surface area contributed by atoms with Crippen LogP contribution in [0.25, 0.3) is 5.65 Å². The van der Waals surface area contributed by atoms with Crippen molar-refractivity contribution >= 4 is 11.7 Å². The second-order valence-electron chi connectivity index (χ2n) is 3.12. The van der Waals surface area contributed by atoms with Crippen molar-refractivity contribution in [2.75, 3.05) is 6.61 Å². The van der Waals surface area contributed by atoms with Gasteiger partial charge in [0.1, 0.15) is 0 Å². The van der Waals surface area contributed by atoms with E-state index in [0.29, 0.717) is 19.0 Å². The van der Waals surface area contributed by atoms with Gasteiger partial charge in [-0.2, -0.15) is 0 Å². The van der Waals surface area contributed by atoms with Crippen molar-refractivity contribution in [1.29, 1.82) is 0 Å². The first-order valence-electron chi connectivity index (χ1n) is 5.00. The zero-order chi connectivity index (χ0) is 11.4. The van der Waals surface area contributed by atoms with Crippen LogP contribution < -0.4 is 5.32 Å². The molecule has 84 valence electrons. The predicted molar refractivity (Wildman–Crippen MR) is 56.8 cm³/mol. The summed E-state index contributed by atoms with van der Waals surface area (Å²) in [6, 6.07) is 5.61. The van der Waals surface area contributed by atoms with Crippen molar-refractivity contribution < 1.29 is 9.53 Å². The van der Waals surface area contributed by atoms with Crippen LogP contribution in [0.4, 0.5) is 4.79 Å². The van der Waals surface area contributed by atoms with E-state index in [1.165, 1.54) is 0 Å². The largest absolute Gasteiger partial charge is 0.450 e. The molecule has 0 unspecified atom stereocenters. The molecule has 6 heteroatoms. The number of hydrogen-bond donors (Lipinski definition) is 1. The summed E-state index contributed by atoms with van der Waals surface area (Å²) in [5.74, 6) is 0.670. The van der Waals surface area contributed by atoms with E-state index in [4.69, 9.17) is 4.74 Å². The number of nitrogens with one attached hydrogen (secondary N) is 1. The second-order valence-corrected chi connectivity index (χ2v) is 3.12. The fourth-order valence-corrected chi connectivity index (χ4v) is 1.34. The van der Waals surface area contributed by atoms with E-state index in [2.05, 4.69) is 15.5 Å². The van der Waals surface area contributed by atoms with Gasteiger partial charge in [-0.15, -0.1) is 10.2 Å². The Bertz CT molecular complexity index is 494. The van der Waals surface area contributed by atoms with E-state index in [1.807, 2.05) is 28.8 Å². The highest BCUT2D eigenvalue weighted by atomic mass is 16.5. The van der Waals surface area contributed by atoms with Gasteiger partial charge in [-0.25, -0.2) is 4.79 Å². The van der Waals surface area contributed by atoms with E-state index in [0.717, 1.165) is 5.65 Å². The third-order valence-corrected chi connectivity index (χ3v) is 2.05. The molecule has 0 aliphatic heterocycles. The first kappa shape index (κ1) is 10.4. The van der Waals surface area contributed by atoms with Gasteiger partial charge in [0.05, 0.1) is 13.2 Å². The Balaban J connectivity index is 2.07. The van der Waals surface area contributed by atoms with Gasteiger partial charge in [-0.3, -0.25) is 4.40 Å². The quantitative estimate of drug-likeness (QED) is 0.837. The van der Waals surface area contributed by atoms with Gasteiger partial charge in [-0.05, 0) is 19.1 Å². The lowest BCUT2D eigenvalue weighted by atomic mass is 10.4. The number of amides is 1. The van der Waals surface area contributed by atoms with Gasteiger partial charge in [0.15, 0.2) is 11.5 Å². The summed E-state index contributed by atoms with van der Waals surface area (Å²) >= 11 is 0. The van der Waals surface area contributed by atoms with Crippen molar-refractivity contribution in [2.45, 2.75) is 13.5 Å². The Labute approximate surface area is 92.2 Å². The Hall–Kier alpha value is -2.11. The zero-order valence-corrected chi connectivity index (χ0v) is 8.88. The summed E-state index contributed by atoms with van der Waals surface area (Å²) in [6.07, 6.45) is 1.40. The van der Waals surface area contributed by atoms with Crippen LogP contribution in [0.5, 0.6) is 0 Å². The van der Waals surface area contributed by atoms with Crippen molar-refractivity contribution in [3.05, 3.63) is 30.2 Å². The van der Waals surface area contributed by atoms with Crippen LogP contribution in [0, 0.1) is 0 Å². The highest BCUT2D eigenvalue weighted by molar-refractivity contribution is 5.66. The maximum absolute atomic E-state index is 11.1. The number of ether oxygens (including phenoxy) is 1. The Kier molecular flexibility index (Phi) is 3.00. The first-order chi connectivity index (χ1) is 7.81. The van der Waals surface area contributed by atoms with E-state index < -0.39 is 6.09 Å². The second kappa shape index (κ2) is 4.61. The van der Waals surface area contributed by atoms with E-state index in [9.17, 15) is 4.79 Å². The van der Waals surface area contributed by atoms with E-state index >= 15 is 0 Å². The molecule has 0 aromatic carbocycles. The van der Waals surface area contributed by atoms with Crippen LogP contribution in [0.15, 0.2) is 24.4 Å². The molecular weight excluding hydrogens is 208 g/mol. The molecule has 0 aliphatic rings. The van der Waals surface area contributed by atoms with Crippen LogP contribution in [0.2, 0.25) is 0 Å². The third kappa shape index (κ3) is 2.10. The number of rotatable bonds is 3. The number of pyridine rings is 1. The lowest BCUT2D eigenvalue weighted by Crippen LogP contribution is -2.24. The summed E-state index contributed by atoms with van der Waals surface area (Å²) in [5, 5.41) is 10.5. The van der Waals surface area contributed by atoms with E-state index in [1.54, 1.807) is 6.92 Å². The van der Waals surface area contributed by atoms with Crippen LogP contribution in [-0.4, -0.2) is 27.3 Å². The fraction of sp³-hybridized carbons (Fsp3) is 0.300. The topological polar surface area (TPSA) is 68.5 Å². The molecule has 0 radical (unpaired) electrons. The summed E-state index contributed by atoms with van der Waals surface area (Å²) in [6.45, 7) is 2.41. The average molecular weight is 220 g/mol. The van der Waals surface area contributed by atoms with Crippen LogP contribution in [-0.2, 0) is 11.3 Å². The lowest BCUT2D eigenvalue weighted by Gasteiger charge is -2.03. The fourth-order valence-electron chi connectivity index (χ4n) is 1.34. The molecule has 2 rings (SSSR count). The normalized spacial score (nSPS) is 10.3. The van der Waals surface area contributed by atoms with Gasteiger partial charge in [-0.1, -0.05) is 6.07 Å². The minimum Gasteiger partial charge on any atom is -0.450 e. The number of alkyl carbamates (subject to hydrolysis) is 1. The summed E-state index contributed by atoms with van der Waals surface area (Å²) in [5.41, 5.74) is 0.753. The molecular formula is C10H12N4O2. The molecule has 1 amide bonds. The monoisotopic (exact) mass is 220 g/mol. The standard InChI is InChI=1S/C10H12N4O2/c1-2-16-10(15)11-7-9-13-12-8-5-3-4-6-14(8)9/h3-6H,2,7H2,1H3,(H,11,15). The minimum atomic E-state index is -0.449. The molecule has 2 aromatic heterocycles. The number of aromatic nitrogens is 3. The highest BCUT2D eigenvalue weighted by Crippen LogP contribution is 2.02. The molecule has 1 N–H and O–H groups in total. The Morgan fingerprint density at radius 1 is 1.50 bits per heavy atom. The smallest absolute Gasteiger partial charge is 0.407 e. The predicted octanol–water partition coefficient (Wildman–Crippen LogP) is 0.975. The average Bonchev–Trinajstić information content (AvgIpc) is 2.70. The molecule has 0 spiro atoms. The molecule has 0 saturated carbocycles. The van der Waals surface area contributed by atoms with Gasteiger partial charge < -0.3 is 10.1 Å². The molecule has 16 heavy (non-hydrogen) atoms. The van der Waals surface area contributed by atoms with Gasteiger partial charge in [0.2, 0.25) is 0 Å². The SMILES string of the molecule is CCOC(=O)NCc1nnc2ccccn12. The number of hydrogen-bond acceptors (Lipinski definition) is 4. The van der Waals surface area contributed by atoms with Crippen molar-refractivity contribution in [2.24, 2.45) is 0 Å². The van der Waals surface area contributed by atoms with Crippen molar-refractivity contribution in [1.82, 2.24) is 19.9 Å². The molecule has 2 heterocycles. The highest BCUT2D eigenvalue weighted by Gasteiger charge is 2.06. The molecule has 0 bridgehead atoms.